The van der Waals surface area contributed by atoms with E-state index >= 15 is 0 Å². The van der Waals surface area contributed by atoms with E-state index in [1.165, 1.54) is 28.6 Å². The van der Waals surface area contributed by atoms with Crippen molar-refractivity contribution in [2.45, 2.75) is 147 Å². The normalized spacial score (nSPS) is 19.4. The Labute approximate surface area is 536 Å². The van der Waals surface area contributed by atoms with E-state index in [4.69, 9.17) is 0 Å². The summed E-state index contributed by atoms with van der Waals surface area (Å²) < 4.78 is 111. The van der Waals surface area contributed by atoms with Crippen molar-refractivity contribution in [3.8, 4) is 17.5 Å². The molecule has 26 nitrogen and oxygen atoms in total. The molecule has 3 saturated heterocycles. The molecule has 3 aliphatic carbocycles. The number of carbonyl (C=O) groups is 4. The number of hydrogen-bond acceptors (Lipinski definition) is 20. The maximum Gasteiger partial charge on any atom is 0.282 e. The average molecular weight is 1320 g/mol. The zero-order valence-corrected chi connectivity index (χ0v) is 52.4. The Morgan fingerprint density at radius 2 is 0.787 bits per heavy atom. The number of nitrogens with zero attached hydrogens (tertiary/aromatic N) is 18. The van der Waals surface area contributed by atoms with Crippen LogP contribution >= 0.6 is 0 Å². The Bertz CT molecular complexity index is 3540. The zero-order chi connectivity index (χ0) is 66.9. The lowest BCUT2D eigenvalue weighted by Crippen LogP contribution is -2.48. The number of alkyl halides is 8. The number of halogens is 8. The fourth-order valence-corrected chi connectivity index (χ4v) is 11.8. The summed E-state index contributed by atoms with van der Waals surface area (Å²) in [6, 6.07) is 9.24. The molecule has 0 radical (unpaired) electrons. The van der Waals surface area contributed by atoms with Crippen LogP contribution in [0.3, 0.4) is 0 Å². The van der Waals surface area contributed by atoms with Crippen molar-refractivity contribution in [2.75, 3.05) is 109 Å². The molecule has 3 amide bonds. The zero-order valence-electron chi connectivity index (χ0n) is 52.4. The SMILES string of the molecule is CC(=O)N1CCN(c2cc(-n3ccc(C(F)F)n3)nc(NC3CCC(F)(F)CC3)n2)CC1.CC(=O)N1CCN(c2cc(-n3ccc(C=O)n3)nc(NC3CCC(F)(F)CC3)n2)CC1.CC(=O)N1CCN(c2cc(-n3ccc(CO)n3)nc(NC3CCC(F)(F)CC3)n2)CC1. The first kappa shape index (κ1) is 68.0. The van der Waals surface area contributed by atoms with Crippen molar-refractivity contribution in [3.05, 3.63) is 72.1 Å². The van der Waals surface area contributed by atoms with E-state index in [2.05, 4.69) is 71.0 Å². The van der Waals surface area contributed by atoms with Gasteiger partial charge in [-0.2, -0.15) is 45.2 Å². The number of amides is 3. The lowest BCUT2D eigenvalue weighted by Gasteiger charge is -2.35. The third kappa shape index (κ3) is 18.1. The van der Waals surface area contributed by atoms with Crippen molar-refractivity contribution in [1.82, 2.24) is 73.9 Å². The van der Waals surface area contributed by atoms with Crippen molar-refractivity contribution in [1.29, 1.82) is 0 Å². The molecule has 508 valence electrons. The van der Waals surface area contributed by atoms with E-state index < -0.39 is 24.2 Å². The molecule has 6 aromatic heterocycles. The largest absolute Gasteiger partial charge is 0.390 e. The van der Waals surface area contributed by atoms with Crippen molar-refractivity contribution >= 4 is 59.3 Å². The summed E-state index contributed by atoms with van der Waals surface area (Å²) in [5, 5.41) is 31.2. The van der Waals surface area contributed by atoms with Gasteiger partial charge in [-0.1, -0.05) is 0 Å². The van der Waals surface area contributed by atoms with E-state index in [9.17, 15) is 59.4 Å². The number of hydrogen-bond donors (Lipinski definition) is 4. The number of aliphatic hydroxyl groups is 1. The van der Waals surface area contributed by atoms with Crippen LogP contribution in [-0.4, -0.2) is 217 Å². The summed E-state index contributed by atoms with van der Waals surface area (Å²) in [5.74, 6) is -3.69. The van der Waals surface area contributed by atoms with Crippen molar-refractivity contribution < 1.29 is 59.4 Å². The molecule has 0 unspecified atom stereocenters. The third-order valence-electron chi connectivity index (χ3n) is 17.5. The molecular weight excluding hydrogens is 1250 g/mol. The molecule has 34 heteroatoms. The fourth-order valence-electron chi connectivity index (χ4n) is 11.8. The van der Waals surface area contributed by atoms with Crippen LogP contribution < -0.4 is 30.7 Å². The highest BCUT2D eigenvalue weighted by Gasteiger charge is 2.38. The van der Waals surface area contributed by atoms with Gasteiger partial charge in [-0.15, -0.1) is 0 Å². The first-order valence-electron chi connectivity index (χ1n) is 31.5. The molecule has 0 atom stereocenters. The predicted molar refractivity (Wildman–Crippen MR) is 330 cm³/mol. The van der Waals surface area contributed by atoms with Gasteiger partial charge in [-0.3, -0.25) is 19.2 Å². The first-order chi connectivity index (χ1) is 44.8. The topological polar surface area (TPSA) is 275 Å². The van der Waals surface area contributed by atoms with Gasteiger partial charge in [0.2, 0.25) is 53.3 Å². The predicted octanol–water partition coefficient (Wildman–Crippen LogP) is 7.20. The highest BCUT2D eigenvalue weighted by atomic mass is 19.3. The number of nitrogens with one attached hydrogen (secondary N) is 3. The molecule has 6 aromatic rings. The van der Waals surface area contributed by atoms with Crippen LogP contribution in [0.4, 0.5) is 70.4 Å². The smallest absolute Gasteiger partial charge is 0.282 e. The Hall–Kier alpha value is -8.85. The first-order valence-corrected chi connectivity index (χ1v) is 31.5. The summed E-state index contributed by atoms with van der Waals surface area (Å²) in [5.41, 5.74) is 0.419. The minimum atomic E-state index is -2.71. The second kappa shape index (κ2) is 29.6. The summed E-state index contributed by atoms with van der Waals surface area (Å²) in [6.45, 7) is 11.5. The number of aromatic nitrogens is 12. The maximum absolute atomic E-state index is 13.5. The van der Waals surface area contributed by atoms with Gasteiger partial charge in [0.15, 0.2) is 23.7 Å². The van der Waals surface area contributed by atoms with Crippen molar-refractivity contribution in [3.63, 3.8) is 0 Å². The van der Waals surface area contributed by atoms with Crippen LogP contribution in [0.15, 0.2) is 55.0 Å². The molecule has 3 saturated carbocycles. The second-order valence-electron chi connectivity index (χ2n) is 24.2. The quantitative estimate of drug-likeness (QED) is 0.0584. The van der Waals surface area contributed by atoms with Gasteiger partial charge in [0.1, 0.15) is 28.8 Å². The van der Waals surface area contributed by atoms with Crippen LogP contribution in [0.1, 0.15) is 126 Å². The molecule has 3 aliphatic heterocycles. The molecule has 6 fully saturated rings. The third-order valence-corrected chi connectivity index (χ3v) is 17.5. The van der Waals surface area contributed by atoms with Crippen molar-refractivity contribution in [2.24, 2.45) is 0 Å². The Morgan fingerprint density at radius 3 is 1.07 bits per heavy atom. The van der Waals surface area contributed by atoms with Crippen LogP contribution in [-0.2, 0) is 21.0 Å². The van der Waals surface area contributed by atoms with Crippen LogP contribution in [0.2, 0.25) is 0 Å². The molecule has 0 bridgehead atoms. The monoisotopic (exact) mass is 1320 g/mol. The highest BCUT2D eigenvalue weighted by Crippen LogP contribution is 2.37. The van der Waals surface area contributed by atoms with Gasteiger partial charge in [0.25, 0.3) is 6.43 Å². The number of aliphatic hydroxyl groups excluding tert-OH is 1. The van der Waals surface area contributed by atoms with Crippen LogP contribution in [0, 0.1) is 0 Å². The average Bonchev–Trinajstić information content (AvgIpc) is 1.33. The standard InChI is InChI=1S/C20H25F4N7O.C20H27F2N7O2.C20H25F2N7O2/c1-13(32)29-8-10-30(11-9-29)16-12-17(31-7-4-15(28-31)18(21)22)27-19(26-16)25-14-2-5-20(23,24)6-3-14;2*1-14(31)27-8-10-28(11-9-27)17-12-18(29-7-4-16(13-30)26-29)25-19(24-17)23-15-2-5-20(21,22)6-3-15/h4,7,12,14,18H,2-3,5-6,8-11H2,1H3,(H,25,26,27);4,7,12,15,30H,2-3,5-6,8-11,13H2,1H3,(H,23,24,25);4,7,12-13,15H,2-3,5-6,8-11H2,1H3,(H,23,24,25). The number of anilines is 6. The van der Waals surface area contributed by atoms with Crippen LogP contribution in [0.25, 0.3) is 17.5 Å². The Balaban J connectivity index is 0.000000154. The van der Waals surface area contributed by atoms with E-state index in [1.807, 2.05) is 4.90 Å². The highest BCUT2D eigenvalue weighted by molar-refractivity contribution is 5.75. The van der Waals surface area contributed by atoms with E-state index in [-0.39, 0.29) is 111 Å². The fraction of sp³-hybridized carbons (Fsp3) is 0.583. The summed E-state index contributed by atoms with van der Waals surface area (Å²) in [7, 11) is 0. The summed E-state index contributed by atoms with van der Waals surface area (Å²) in [4.78, 5) is 84.5. The number of rotatable bonds is 15. The summed E-state index contributed by atoms with van der Waals surface area (Å²) in [6.07, 6.45) is 3.58. The van der Waals surface area contributed by atoms with E-state index in [1.54, 1.807) is 76.0 Å². The molecule has 94 heavy (non-hydrogen) atoms. The maximum atomic E-state index is 13.5. The lowest BCUT2D eigenvalue weighted by molar-refractivity contribution is -0.129. The van der Waals surface area contributed by atoms with E-state index in [0.717, 1.165) is 0 Å². The number of piperazine rings is 3. The molecular formula is C60H77F8N21O5. The summed E-state index contributed by atoms with van der Waals surface area (Å²) >= 11 is 0. The molecule has 9 heterocycles. The second-order valence-corrected chi connectivity index (χ2v) is 24.2. The van der Waals surface area contributed by atoms with Gasteiger partial charge < -0.3 is 50.5 Å². The molecule has 0 spiro atoms. The van der Waals surface area contributed by atoms with Gasteiger partial charge in [-0.05, 0) is 56.7 Å². The van der Waals surface area contributed by atoms with Crippen LogP contribution in [0.5, 0.6) is 0 Å². The van der Waals surface area contributed by atoms with Gasteiger partial charge >= 0.3 is 0 Å². The minimum Gasteiger partial charge on any atom is -0.390 e. The van der Waals surface area contributed by atoms with Gasteiger partial charge in [0, 0.05) is 193 Å². The molecule has 0 aromatic carbocycles. The Morgan fingerprint density at radius 1 is 0.479 bits per heavy atom. The van der Waals surface area contributed by atoms with Gasteiger partial charge in [-0.25, -0.2) is 49.2 Å². The number of carbonyl (C=O) groups excluding carboxylic acids is 4. The minimum absolute atomic E-state index is 0.000511. The molecule has 6 aliphatic rings. The number of aldehydes is 1. The molecule has 4 N–H and O–H groups in total. The lowest BCUT2D eigenvalue weighted by atomic mass is 9.92. The van der Waals surface area contributed by atoms with Gasteiger partial charge in [0.05, 0.1) is 12.3 Å². The van der Waals surface area contributed by atoms with E-state index in [0.29, 0.717) is 163 Å². The molecule has 12 rings (SSSR count). The Kier molecular flexibility index (Phi) is 21.4.